The van der Waals surface area contributed by atoms with Gasteiger partial charge in [0.05, 0.1) is 17.3 Å². The monoisotopic (exact) mass is 369 g/mol. The largest absolute Gasteiger partial charge is 0.384 e. The lowest BCUT2D eigenvalue weighted by molar-refractivity contribution is 0.221. The summed E-state index contributed by atoms with van der Waals surface area (Å²) in [6.07, 6.45) is 4.03. The van der Waals surface area contributed by atoms with Gasteiger partial charge in [0.2, 0.25) is 0 Å². The molecule has 124 valence electrons. The Balaban J connectivity index is 1.82. The van der Waals surface area contributed by atoms with Crippen molar-refractivity contribution in [1.82, 2.24) is 25.4 Å². The molecule has 0 aliphatic carbocycles. The highest BCUT2D eigenvalue weighted by Crippen LogP contribution is 2.41. The lowest BCUT2D eigenvalue weighted by atomic mass is 10.0. The molecule has 4 rings (SSSR count). The Labute approximate surface area is 152 Å². The first-order valence-electron chi connectivity index (χ1n) is 7.43. The Kier molecular flexibility index (Phi) is 4.27. The normalized spacial score (nSPS) is 12.2. The number of H-pyrrole nitrogens is 1. The number of benzene rings is 1. The van der Waals surface area contributed by atoms with E-state index in [1.54, 1.807) is 24.5 Å². The summed E-state index contributed by atoms with van der Waals surface area (Å²) >= 11 is 7.45. The topological polar surface area (TPSA) is 87.6 Å². The third-order valence-corrected chi connectivity index (χ3v) is 5.20. The van der Waals surface area contributed by atoms with E-state index in [0.717, 1.165) is 26.4 Å². The highest BCUT2D eigenvalue weighted by atomic mass is 35.5. The van der Waals surface area contributed by atoms with Crippen molar-refractivity contribution in [2.75, 3.05) is 0 Å². The van der Waals surface area contributed by atoms with E-state index in [0.29, 0.717) is 10.8 Å². The van der Waals surface area contributed by atoms with Crippen LogP contribution in [0.1, 0.15) is 17.2 Å². The van der Waals surface area contributed by atoms with E-state index in [1.807, 2.05) is 24.3 Å². The molecule has 1 unspecified atom stereocenters. The van der Waals surface area contributed by atoms with Crippen LogP contribution in [-0.4, -0.2) is 30.5 Å². The van der Waals surface area contributed by atoms with Crippen molar-refractivity contribution in [2.24, 2.45) is 0 Å². The van der Waals surface area contributed by atoms with Gasteiger partial charge in [0.1, 0.15) is 12.4 Å². The molecule has 0 bridgehead atoms. The number of aliphatic hydroxyl groups is 1. The minimum Gasteiger partial charge on any atom is -0.384 e. The molecule has 0 fully saturated rings. The molecular formula is C17H12ClN5OS. The maximum Gasteiger partial charge on any atom is 0.171 e. The second kappa shape index (κ2) is 6.72. The molecule has 4 aromatic rings. The second-order valence-electron chi connectivity index (χ2n) is 5.32. The summed E-state index contributed by atoms with van der Waals surface area (Å²) in [4.78, 5) is 4.79. The van der Waals surface area contributed by atoms with Crippen molar-refractivity contribution >= 4 is 22.9 Å². The molecule has 2 N–H and O–H groups in total. The molecule has 1 aromatic carbocycles. The highest BCUT2D eigenvalue weighted by molar-refractivity contribution is 7.19. The molecule has 0 amide bonds. The van der Waals surface area contributed by atoms with Gasteiger partial charge in [-0.3, -0.25) is 0 Å². The zero-order valence-corrected chi connectivity index (χ0v) is 14.4. The van der Waals surface area contributed by atoms with E-state index >= 15 is 0 Å². The molecule has 0 radical (unpaired) electrons. The van der Waals surface area contributed by atoms with Crippen molar-refractivity contribution in [3.8, 4) is 21.1 Å². The molecule has 0 aliphatic rings. The third-order valence-electron chi connectivity index (χ3n) is 3.74. The predicted octanol–water partition coefficient (Wildman–Crippen LogP) is 3.73. The van der Waals surface area contributed by atoms with Crippen molar-refractivity contribution in [1.29, 1.82) is 0 Å². The molecule has 0 saturated carbocycles. The van der Waals surface area contributed by atoms with Crippen LogP contribution in [0.25, 0.3) is 21.1 Å². The quantitative estimate of drug-likeness (QED) is 0.572. The summed E-state index contributed by atoms with van der Waals surface area (Å²) < 4.78 is 0. The van der Waals surface area contributed by atoms with Crippen LogP contribution in [0.4, 0.5) is 0 Å². The number of nitrogens with one attached hydrogen (secondary N) is 1. The summed E-state index contributed by atoms with van der Waals surface area (Å²) in [6, 6.07) is 11.0. The van der Waals surface area contributed by atoms with Gasteiger partial charge in [-0.05, 0) is 29.8 Å². The van der Waals surface area contributed by atoms with Crippen molar-refractivity contribution in [3.05, 3.63) is 71.3 Å². The molecule has 0 aliphatic heterocycles. The fourth-order valence-electron chi connectivity index (χ4n) is 2.51. The fraction of sp³-hybridized carbons (Fsp3) is 0.0588. The van der Waals surface area contributed by atoms with Crippen LogP contribution in [0.15, 0.2) is 55.1 Å². The van der Waals surface area contributed by atoms with E-state index in [4.69, 9.17) is 11.6 Å². The Bertz CT molecular complexity index is 970. The SMILES string of the molecule is OC(c1ccc(Cl)cc1)c1cc(-c2ccnnc2)sc1-c1nnc[nH]1. The van der Waals surface area contributed by atoms with Gasteiger partial charge in [-0.25, -0.2) is 0 Å². The van der Waals surface area contributed by atoms with Crippen LogP contribution < -0.4 is 0 Å². The average Bonchev–Trinajstić information content (AvgIpc) is 3.32. The molecule has 3 heterocycles. The molecule has 25 heavy (non-hydrogen) atoms. The van der Waals surface area contributed by atoms with Gasteiger partial charge in [-0.15, -0.1) is 21.5 Å². The van der Waals surface area contributed by atoms with Crippen LogP contribution in [-0.2, 0) is 0 Å². The predicted molar refractivity (Wildman–Crippen MR) is 96.2 cm³/mol. The van der Waals surface area contributed by atoms with Crippen molar-refractivity contribution in [3.63, 3.8) is 0 Å². The van der Waals surface area contributed by atoms with Gasteiger partial charge >= 0.3 is 0 Å². The first-order chi connectivity index (χ1) is 12.2. The van der Waals surface area contributed by atoms with Crippen LogP contribution in [0.5, 0.6) is 0 Å². The number of aromatic nitrogens is 5. The summed E-state index contributed by atoms with van der Waals surface area (Å²) in [5.74, 6) is 0.612. The Morgan fingerprint density at radius 2 is 1.92 bits per heavy atom. The lowest BCUT2D eigenvalue weighted by Crippen LogP contribution is -2.00. The Morgan fingerprint density at radius 1 is 1.08 bits per heavy atom. The van der Waals surface area contributed by atoms with Gasteiger partial charge in [0.25, 0.3) is 0 Å². The van der Waals surface area contributed by atoms with Crippen LogP contribution in [0.2, 0.25) is 5.02 Å². The van der Waals surface area contributed by atoms with Gasteiger partial charge in [0.15, 0.2) is 5.82 Å². The van der Waals surface area contributed by atoms with Gasteiger partial charge in [-0.1, -0.05) is 23.7 Å². The van der Waals surface area contributed by atoms with Crippen molar-refractivity contribution < 1.29 is 5.11 Å². The van der Waals surface area contributed by atoms with Gasteiger partial charge in [-0.2, -0.15) is 10.2 Å². The first kappa shape index (κ1) is 15.9. The van der Waals surface area contributed by atoms with Gasteiger partial charge in [0, 0.05) is 21.0 Å². The van der Waals surface area contributed by atoms with Crippen LogP contribution >= 0.6 is 22.9 Å². The van der Waals surface area contributed by atoms with E-state index in [1.165, 1.54) is 17.7 Å². The second-order valence-corrected chi connectivity index (χ2v) is 6.81. The lowest BCUT2D eigenvalue weighted by Gasteiger charge is -2.11. The summed E-state index contributed by atoms with van der Waals surface area (Å²) in [7, 11) is 0. The van der Waals surface area contributed by atoms with E-state index < -0.39 is 6.10 Å². The third kappa shape index (κ3) is 3.17. The Hall–Kier alpha value is -2.61. The van der Waals surface area contributed by atoms with E-state index in [-0.39, 0.29) is 0 Å². The smallest absolute Gasteiger partial charge is 0.171 e. The zero-order valence-electron chi connectivity index (χ0n) is 12.8. The van der Waals surface area contributed by atoms with Gasteiger partial charge < -0.3 is 10.1 Å². The number of aromatic amines is 1. The maximum atomic E-state index is 10.9. The highest BCUT2D eigenvalue weighted by Gasteiger charge is 2.21. The molecule has 3 aromatic heterocycles. The number of thiophene rings is 1. The number of rotatable bonds is 4. The molecule has 0 spiro atoms. The summed E-state index contributed by atoms with van der Waals surface area (Å²) in [5, 5.41) is 27.2. The number of halogens is 1. The minimum absolute atomic E-state index is 0.612. The Morgan fingerprint density at radius 3 is 2.60 bits per heavy atom. The molecule has 1 atom stereocenters. The molecule has 6 nitrogen and oxygen atoms in total. The zero-order chi connectivity index (χ0) is 17.2. The number of nitrogens with zero attached hydrogens (tertiary/aromatic N) is 4. The molecular weight excluding hydrogens is 358 g/mol. The summed E-state index contributed by atoms with van der Waals surface area (Å²) in [6.45, 7) is 0. The standard InChI is InChI=1S/C17H12ClN5OS/c18-12-3-1-10(2-4-12)15(24)13-7-14(11-5-6-20-21-8-11)25-16(13)17-19-9-22-23-17/h1-9,15,24H,(H,19,22,23). The molecule has 0 saturated heterocycles. The minimum atomic E-state index is -0.808. The average molecular weight is 370 g/mol. The fourth-order valence-corrected chi connectivity index (χ4v) is 3.77. The van der Waals surface area contributed by atoms with Crippen LogP contribution in [0.3, 0.4) is 0 Å². The maximum absolute atomic E-state index is 10.9. The number of hydrogen-bond acceptors (Lipinski definition) is 6. The summed E-state index contributed by atoms with van der Waals surface area (Å²) in [5.41, 5.74) is 2.42. The number of aliphatic hydroxyl groups excluding tert-OH is 1. The van der Waals surface area contributed by atoms with Crippen molar-refractivity contribution in [2.45, 2.75) is 6.10 Å². The first-order valence-corrected chi connectivity index (χ1v) is 8.62. The van der Waals surface area contributed by atoms with E-state index in [2.05, 4.69) is 25.4 Å². The molecule has 8 heteroatoms. The number of hydrogen-bond donors (Lipinski definition) is 2. The van der Waals surface area contributed by atoms with E-state index in [9.17, 15) is 5.11 Å². The van der Waals surface area contributed by atoms with Crippen LogP contribution in [0, 0.1) is 0 Å².